The monoisotopic (exact) mass is 471 g/mol. The second-order valence-electron chi connectivity index (χ2n) is 7.53. The highest BCUT2D eigenvalue weighted by Crippen LogP contribution is 2.43. The van der Waals surface area contributed by atoms with Crippen LogP contribution in [-0.4, -0.2) is 35.8 Å². The average Bonchev–Trinajstić information content (AvgIpc) is 3.32. The maximum atomic E-state index is 11.3. The number of carboxylic acids is 1. The minimum absolute atomic E-state index is 0.0280. The maximum Gasteiger partial charge on any atom is 0.306 e. The number of aliphatic carboxylic acids is 1. The van der Waals surface area contributed by atoms with Gasteiger partial charge in [-0.3, -0.25) is 9.78 Å². The molecule has 5 rings (SSSR count). The van der Waals surface area contributed by atoms with Crippen LogP contribution < -0.4 is 5.73 Å². The van der Waals surface area contributed by atoms with Crippen LogP contribution in [0.25, 0.3) is 27.9 Å². The molecular weight excluding hydrogens is 454 g/mol. The van der Waals surface area contributed by atoms with E-state index in [9.17, 15) is 15.0 Å². The zero-order chi connectivity index (χ0) is 21.0. The summed E-state index contributed by atoms with van der Waals surface area (Å²) in [6, 6.07) is 1.68. The molecular formula is C20H18BrN5O4. The number of aromatic hydroxyl groups is 1. The number of nitrogens with two attached hydrogens (primary N) is 1. The number of fused-ring (bicyclic) bond motifs is 2. The van der Waals surface area contributed by atoms with Crippen LogP contribution >= 0.6 is 15.9 Å². The van der Waals surface area contributed by atoms with E-state index in [0.29, 0.717) is 58.2 Å². The summed E-state index contributed by atoms with van der Waals surface area (Å²) < 4.78 is 8.00. The smallest absolute Gasteiger partial charge is 0.306 e. The Kier molecular flexibility index (Phi) is 4.39. The molecule has 4 heterocycles. The van der Waals surface area contributed by atoms with Crippen LogP contribution in [-0.2, 0) is 4.79 Å². The first-order valence-electron chi connectivity index (χ1n) is 9.57. The van der Waals surface area contributed by atoms with E-state index in [0.717, 1.165) is 5.69 Å². The highest BCUT2D eigenvalue weighted by atomic mass is 79.9. The van der Waals surface area contributed by atoms with Crippen LogP contribution in [0.3, 0.4) is 0 Å². The van der Waals surface area contributed by atoms with E-state index in [1.807, 2.05) is 0 Å². The van der Waals surface area contributed by atoms with Gasteiger partial charge in [0.2, 0.25) is 0 Å². The van der Waals surface area contributed by atoms with E-state index in [2.05, 4.69) is 26.0 Å². The number of furan rings is 1. The molecule has 4 aromatic rings. The molecule has 1 aliphatic carbocycles. The quantitative estimate of drug-likeness (QED) is 0.407. The van der Waals surface area contributed by atoms with Crippen molar-refractivity contribution < 1.29 is 19.4 Å². The first kappa shape index (κ1) is 18.9. The largest absolute Gasteiger partial charge is 0.504 e. The number of hydrogen-bond donors (Lipinski definition) is 3. The molecule has 1 aliphatic rings. The Hall–Kier alpha value is -3.14. The van der Waals surface area contributed by atoms with Crippen molar-refractivity contribution in [2.24, 2.45) is 5.92 Å². The van der Waals surface area contributed by atoms with Crippen LogP contribution in [0, 0.1) is 5.92 Å². The van der Waals surface area contributed by atoms with Gasteiger partial charge in [-0.2, -0.15) is 9.61 Å². The first-order valence-corrected chi connectivity index (χ1v) is 10.4. The van der Waals surface area contributed by atoms with Gasteiger partial charge in [-0.05, 0) is 47.7 Å². The lowest BCUT2D eigenvalue weighted by molar-refractivity contribution is -0.142. The SMILES string of the molecule is Nc1c(Br)c(C2CCC(C(=O)O)CC2)nc2c(-c3oc4ccncc4c3O)cnn12. The van der Waals surface area contributed by atoms with Gasteiger partial charge in [0.25, 0.3) is 0 Å². The molecule has 4 N–H and O–H groups in total. The molecule has 1 saturated carbocycles. The van der Waals surface area contributed by atoms with Gasteiger partial charge < -0.3 is 20.4 Å². The predicted molar refractivity (Wildman–Crippen MR) is 112 cm³/mol. The molecule has 1 fully saturated rings. The van der Waals surface area contributed by atoms with Crippen LogP contribution in [0.5, 0.6) is 5.75 Å². The van der Waals surface area contributed by atoms with Crippen LogP contribution in [0.4, 0.5) is 5.82 Å². The average molecular weight is 472 g/mol. The van der Waals surface area contributed by atoms with Gasteiger partial charge in [-0.25, -0.2) is 4.98 Å². The molecule has 30 heavy (non-hydrogen) atoms. The van der Waals surface area contributed by atoms with E-state index in [-0.39, 0.29) is 23.3 Å². The van der Waals surface area contributed by atoms with E-state index in [1.165, 1.54) is 10.7 Å². The van der Waals surface area contributed by atoms with Crippen LogP contribution in [0.15, 0.2) is 33.5 Å². The number of nitrogens with zero attached hydrogens (tertiary/aromatic N) is 4. The Balaban J connectivity index is 1.62. The zero-order valence-corrected chi connectivity index (χ0v) is 17.3. The number of nitrogen functional groups attached to an aromatic ring is 1. The van der Waals surface area contributed by atoms with E-state index in [1.54, 1.807) is 18.5 Å². The van der Waals surface area contributed by atoms with Gasteiger partial charge in [0.15, 0.2) is 17.2 Å². The van der Waals surface area contributed by atoms with Crippen molar-refractivity contribution in [1.29, 1.82) is 0 Å². The second kappa shape index (κ2) is 6.98. The Morgan fingerprint density at radius 1 is 1.27 bits per heavy atom. The number of hydrogen-bond acceptors (Lipinski definition) is 7. The van der Waals surface area contributed by atoms with Gasteiger partial charge in [-0.1, -0.05) is 0 Å². The lowest BCUT2D eigenvalue weighted by atomic mass is 9.80. The number of rotatable bonds is 3. The fourth-order valence-electron chi connectivity index (χ4n) is 4.17. The molecule has 0 unspecified atom stereocenters. The molecule has 0 saturated heterocycles. The van der Waals surface area contributed by atoms with Crippen molar-refractivity contribution in [3.8, 4) is 17.1 Å². The topological polar surface area (TPSA) is 140 Å². The molecule has 9 nitrogen and oxygen atoms in total. The molecule has 0 aromatic carbocycles. The minimum atomic E-state index is -0.747. The van der Waals surface area contributed by atoms with Crippen molar-refractivity contribution in [3.05, 3.63) is 34.8 Å². The van der Waals surface area contributed by atoms with Crippen LogP contribution in [0.1, 0.15) is 37.3 Å². The molecule has 0 atom stereocenters. The van der Waals surface area contributed by atoms with E-state index in [4.69, 9.17) is 15.1 Å². The number of carbonyl (C=O) groups is 1. The number of anilines is 1. The van der Waals surface area contributed by atoms with Crippen molar-refractivity contribution >= 4 is 44.3 Å². The summed E-state index contributed by atoms with van der Waals surface area (Å²) in [4.78, 5) is 20.1. The number of pyridine rings is 1. The summed E-state index contributed by atoms with van der Waals surface area (Å²) in [5, 5.41) is 24.7. The van der Waals surface area contributed by atoms with E-state index >= 15 is 0 Å². The molecule has 10 heteroatoms. The molecule has 0 aliphatic heterocycles. The number of aromatic nitrogens is 4. The molecule has 0 radical (unpaired) electrons. The summed E-state index contributed by atoms with van der Waals surface area (Å²) in [7, 11) is 0. The van der Waals surface area contributed by atoms with Gasteiger partial charge in [0.1, 0.15) is 11.4 Å². The number of carboxylic acid groups (broad SMARTS) is 1. The summed E-state index contributed by atoms with van der Waals surface area (Å²) in [5.74, 6) is -0.365. The Labute approximate surface area is 178 Å². The molecule has 0 spiro atoms. The van der Waals surface area contributed by atoms with Gasteiger partial charge in [0, 0.05) is 18.3 Å². The van der Waals surface area contributed by atoms with Crippen molar-refractivity contribution in [1.82, 2.24) is 19.6 Å². The maximum absolute atomic E-state index is 11.3. The standard InChI is InChI=1S/C20H18BrN5O4/c21-14-15(9-1-3-10(4-2-9)20(28)29)25-19-12(8-24-26(19)18(14)22)17-16(27)11-7-23-6-5-13(11)30-17/h5-10,27H,1-4,22H2,(H,28,29). The Morgan fingerprint density at radius 2 is 2.03 bits per heavy atom. The van der Waals surface area contributed by atoms with Crippen molar-refractivity contribution in [3.63, 3.8) is 0 Å². The highest BCUT2D eigenvalue weighted by molar-refractivity contribution is 9.10. The van der Waals surface area contributed by atoms with E-state index < -0.39 is 5.97 Å². The first-order chi connectivity index (χ1) is 14.5. The summed E-state index contributed by atoms with van der Waals surface area (Å²) in [5.41, 5.74) is 8.58. The van der Waals surface area contributed by atoms with Gasteiger partial charge in [-0.15, -0.1) is 0 Å². The Bertz CT molecular complexity index is 1290. The lowest BCUT2D eigenvalue weighted by Gasteiger charge is -2.26. The highest BCUT2D eigenvalue weighted by Gasteiger charge is 2.30. The second-order valence-corrected chi connectivity index (χ2v) is 8.32. The fourth-order valence-corrected chi connectivity index (χ4v) is 4.75. The third-order valence-corrected chi connectivity index (χ3v) is 6.63. The number of halogens is 1. The Morgan fingerprint density at radius 3 is 2.73 bits per heavy atom. The molecule has 0 bridgehead atoms. The van der Waals surface area contributed by atoms with Crippen molar-refractivity contribution in [2.75, 3.05) is 5.73 Å². The lowest BCUT2D eigenvalue weighted by Crippen LogP contribution is -2.21. The predicted octanol–water partition coefficient (Wildman–Crippen LogP) is 3.95. The zero-order valence-electron chi connectivity index (χ0n) is 15.7. The fraction of sp³-hybridized carbons (Fsp3) is 0.300. The summed E-state index contributed by atoms with van der Waals surface area (Å²) in [6.07, 6.45) is 7.30. The van der Waals surface area contributed by atoms with Crippen molar-refractivity contribution in [2.45, 2.75) is 31.6 Å². The molecule has 0 amide bonds. The van der Waals surface area contributed by atoms with Gasteiger partial charge in [0.05, 0.1) is 33.2 Å². The summed E-state index contributed by atoms with van der Waals surface area (Å²) in [6.45, 7) is 0. The van der Waals surface area contributed by atoms with Crippen LogP contribution in [0.2, 0.25) is 0 Å². The third kappa shape index (κ3) is 2.82. The summed E-state index contributed by atoms with van der Waals surface area (Å²) >= 11 is 3.54. The minimum Gasteiger partial charge on any atom is -0.504 e. The van der Waals surface area contributed by atoms with Gasteiger partial charge >= 0.3 is 5.97 Å². The normalized spacial score (nSPS) is 19.5. The third-order valence-electron chi connectivity index (χ3n) is 5.82. The molecule has 154 valence electrons. The molecule has 4 aromatic heterocycles.